The minimum absolute atomic E-state index is 0.366. The Morgan fingerprint density at radius 3 is 2.62 bits per heavy atom. The van der Waals surface area contributed by atoms with Crippen molar-refractivity contribution >= 4 is 18.3 Å². The largest absolute Gasteiger partial charge is 0.492 e. The molecule has 0 radical (unpaired) electrons. The summed E-state index contributed by atoms with van der Waals surface area (Å²) in [5.41, 5.74) is 0.938. The van der Waals surface area contributed by atoms with Crippen LogP contribution in [-0.4, -0.2) is 25.4 Å². The van der Waals surface area contributed by atoms with Crippen molar-refractivity contribution in [3.05, 3.63) is 22.4 Å². The lowest BCUT2D eigenvalue weighted by atomic mass is 9.91. The maximum Gasteiger partial charge on any atom is 0.492 e. The van der Waals surface area contributed by atoms with Crippen LogP contribution in [0.15, 0.2) is 16.8 Å². The Kier molecular flexibility index (Phi) is 3.38. The zero-order valence-corrected chi connectivity index (χ0v) is 8.03. The first-order chi connectivity index (χ1) is 5.97. The zero-order chi connectivity index (χ0) is 9.90. The molecule has 1 aromatic heterocycles. The molecule has 0 saturated carbocycles. The molecule has 74 valence electrons. The van der Waals surface area contributed by atoms with Gasteiger partial charge in [0.1, 0.15) is 0 Å². The fourth-order valence-electron chi connectivity index (χ4n) is 1.11. The van der Waals surface area contributed by atoms with E-state index in [1.807, 2.05) is 16.8 Å². The molecule has 0 aliphatic heterocycles. The van der Waals surface area contributed by atoms with Crippen LogP contribution < -0.4 is 0 Å². The van der Waals surface area contributed by atoms with E-state index in [2.05, 4.69) is 0 Å². The molecule has 1 aromatic rings. The summed E-state index contributed by atoms with van der Waals surface area (Å²) in [6.45, 7) is -4.33. The van der Waals surface area contributed by atoms with E-state index in [1.54, 1.807) is 0 Å². The number of halogens is 3. The predicted molar refractivity (Wildman–Crippen MR) is 49.7 cm³/mol. The summed E-state index contributed by atoms with van der Waals surface area (Å²) in [5.74, 6) is 0. The fourth-order valence-corrected chi connectivity index (χ4v) is 1.77. The van der Waals surface area contributed by atoms with Crippen LogP contribution in [0.4, 0.5) is 12.9 Å². The molecule has 0 aliphatic rings. The van der Waals surface area contributed by atoms with E-state index < -0.39 is 13.4 Å². The molecule has 0 amide bonds. The van der Waals surface area contributed by atoms with Crippen LogP contribution in [0.25, 0.3) is 0 Å². The average Bonchev–Trinajstić information content (AvgIpc) is 2.34. The van der Waals surface area contributed by atoms with Crippen molar-refractivity contribution in [2.75, 3.05) is 13.5 Å². The molecule has 0 N–H and O–H groups in total. The molecule has 0 aliphatic carbocycles. The summed E-state index contributed by atoms with van der Waals surface area (Å²) >= 11 is 1.50. The highest BCUT2D eigenvalue weighted by molar-refractivity contribution is 7.07. The SMILES string of the molecule is CN(Cc1ccsc1)C[B-](F)(F)F. The number of thiophene rings is 1. The second kappa shape index (κ2) is 4.15. The third-order valence-electron chi connectivity index (χ3n) is 1.55. The van der Waals surface area contributed by atoms with Gasteiger partial charge < -0.3 is 17.8 Å². The van der Waals surface area contributed by atoms with Gasteiger partial charge in [-0.25, -0.2) is 0 Å². The van der Waals surface area contributed by atoms with Gasteiger partial charge in [-0.05, 0) is 35.9 Å². The van der Waals surface area contributed by atoms with Gasteiger partial charge in [0.15, 0.2) is 0 Å². The number of rotatable bonds is 4. The predicted octanol–water partition coefficient (Wildman–Crippen LogP) is 2.57. The fraction of sp³-hybridized carbons (Fsp3) is 0.429. The number of hydrogen-bond donors (Lipinski definition) is 0. The van der Waals surface area contributed by atoms with Crippen molar-refractivity contribution in [3.63, 3.8) is 0 Å². The second-order valence-electron chi connectivity index (χ2n) is 3.04. The van der Waals surface area contributed by atoms with E-state index in [-0.39, 0.29) is 0 Å². The summed E-state index contributed by atoms with van der Waals surface area (Å²) in [7, 11) is 1.48. The van der Waals surface area contributed by atoms with Gasteiger partial charge >= 0.3 is 6.98 Å². The van der Waals surface area contributed by atoms with Crippen molar-refractivity contribution in [3.8, 4) is 0 Å². The average molecular weight is 208 g/mol. The van der Waals surface area contributed by atoms with Crippen LogP contribution in [0.1, 0.15) is 5.56 Å². The molecule has 0 aromatic carbocycles. The second-order valence-corrected chi connectivity index (χ2v) is 3.82. The Labute approximate surface area is 79.2 Å². The highest BCUT2D eigenvalue weighted by atomic mass is 32.1. The third-order valence-corrected chi connectivity index (χ3v) is 2.28. The number of nitrogens with zero attached hydrogens (tertiary/aromatic N) is 1. The Bertz CT molecular complexity index is 247. The topological polar surface area (TPSA) is 3.24 Å². The molecular formula is C7H10BF3NS-. The normalized spacial score (nSPS) is 12.4. The summed E-state index contributed by atoms with van der Waals surface area (Å²) < 4.78 is 35.9. The zero-order valence-electron chi connectivity index (χ0n) is 7.21. The summed E-state index contributed by atoms with van der Waals surface area (Å²) in [4.78, 5) is 1.28. The first-order valence-electron chi connectivity index (χ1n) is 3.88. The van der Waals surface area contributed by atoms with Gasteiger partial charge in [0.25, 0.3) is 0 Å². The lowest BCUT2D eigenvalue weighted by Gasteiger charge is -2.22. The van der Waals surface area contributed by atoms with Gasteiger partial charge in [-0.15, -0.1) is 0 Å². The van der Waals surface area contributed by atoms with Gasteiger partial charge in [-0.2, -0.15) is 11.3 Å². The van der Waals surface area contributed by atoms with E-state index >= 15 is 0 Å². The van der Waals surface area contributed by atoms with Gasteiger partial charge in [0, 0.05) is 6.54 Å². The molecule has 0 spiro atoms. The van der Waals surface area contributed by atoms with E-state index in [1.165, 1.54) is 23.3 Å². The lowest BCUT2D eigenvalue weighted by molar-refractivity contribution is 0.323. The molecular weight excluding hydrogens is 198 g/mol. The third kappa shape index (κ3) is 4.33. The quantitative estimate of drug-likeness (QED) is 0.687. The molecule has 1 rings (SSSR count). The maximum absolute atomic E-state index is 12.0. The van der Waals surface area contributed by atoms with E-state index in [0.717, 1.165) is 5.56 Å². The Morgan fingerprint density at radius 1 is 1.46 bits per heavy atom. The van der Waals surface area contributed by atoms with Crippen LogP contribution in [0.2, 0.25) is 0 Å². The van der Waals surface area contributed by atoms with Crippen molar-refractivity contribution in [1.82, 2.24) is 4.90 Å². The van der Waals surface area contributed by atoms with Crippen LogP contribution in [0.3, 0.4) is 0 Å². The molecule has 0 atom stereocenters. The highest BCUT2D eigenvalue weighted by Gasteiger charge is 2.24. The molecule has 1 nitrogen and oxygen atoms in total. The van der Waals surface area contributed by atoms with E-state index in [9.17, 15) is 12.9 Å². The van der Waals surface area contributed by atoms with Crippen molar-refractivity contribution in [2.45, 2.75) is 6.54 Å². The summed E-state index contributed by atoms with van der Waals surface area (Å²) in [5, 5.41) is 3.72. The van der Waals surface area contributed by atoms with Crippen LogP contribution in [-0.2, 0) is 6.54 Å². The smallest absolute Gasteiger partial charge is 0.448 e. The Morgan fingerprint density at radius 2 is 2.15 bits per heavy atom. The minimum Gasteiger partial charge on any atom is -0.448 e. The van der Waals surface area contributed by atoms with Gasteiger partial charge in [-0.1, -0.05) is 0 Å². The molecule has 13 heavy (non-hydrogen) atoms. The van der Waals surface area contributed by atoms with E-state index in [4.69, 9.17) is 0 Å². The molecule has 6 heteroatoms. The van der Waals surface area contributed by atoms with Crippen molar-refractivity contribution < 1.29 is 12.9 Å². The summed E-state index contributed by atoms with van der Waals surface area (Å²) in [6, 6.07) is 1.84. The standard InChI is InChI=1S/C7H10BF3NS/c1-12(6-8(9,10)11)4-7-2-3-13-5-7/h2-3,5H,4,6H2,1H3/q-1. The lowest BCUT2D eigenvalue weighted by Crippen LogP contribution is -2.34. The highest BCUT2D eigenvalue weighted by Crippen LogP contribution is 2.13. The Hall–Kier alpha value is -0.485. The van der Waals surface area contributed by atoms with Crippen LogP contribution in [0, 0.1) is 0 Å². The monoisotopic (exact) mass is 208 g/mol. The van der Waals surface area contributed by atoms with Crippen LogP contribution >= 0.6 is 11.3 Å². The van der Waals surface area contributed by atoms with Crippen molar-refractivity contribution in [2.24, 2.45) is 0 Å². The van der Waals surface area contributed by atoms with Gasteiger partial charge in [0.2, 0.25) is 0 Å². The molecule has 0 bridgehead atoms. The molecule has 0 unspecified atom stereocenters. The Balaban J connectivity index is 2.38. The van der Waals surface area contributed by atoms with Crippen molar-refractivity contribution in [1.29, 1.82) is 0 Å². The first kappa shape index (κ1) is 10.6. The maximum atomic E-state index is 12.0. The van der Waals surface area contributed by atoms with Gasteiger partial charge in [-0.3, -0.25) is 0 Å². The first-order valence-corrected chi connectivity index (χ1v) is 4.82. The van der Waals surface area contributed by atoms with Crippen LogP contribution in [0.5, 0.6) is 0 Å². The molecule has 1 heterocycles. The molecule has 0 fully saturated rings. The minimum atomic E-state index is -4.70. The van der Waals surface area contributed by atoms with E-state index in [0.29, 0.717) is 6.54 Å². The van der Waals surface area contributed by atoms with Gasteiger partial charge in [0.05, 0.1) is 0 Å². The molecule has 0 saturated heterocycles. The number of hydrogen-bond acceptors (Lipinski definition) is 2. The summed E-state index contributed by atoms with van der Waals surface area (Å²) in [6.07, 6.45) is -0.796.